The number of ether oxygens (including phenoxy) is 1. The number of aromatic nitrogens is 2. The summed E-state index contributed by atoms with van der Waals surface area (Å²) in [4.78, 5) is 12.0. The summed E-state index contributed by atoms with van der Waals surface area (Å²) in [5.41, 5.74) is 1.66. The molecule has 0 aliphatic carbocycles. The van der Waals surface area contributed by atoms with E-state index in [9.17, 15) is 4.79 Å². The topological polar surface area (TPSA) is 77.2 Å². The van der Waals surface area contributed by atoms with Crippen LogP contribution in [-0.4, -0.2) is 21.9 Å². The number of anilines is 1. The van der Waals surface area contributed by atoms with E-state index in [2.05, 4.69) is 15.5 Å². The molecule has 3 aromatic rings. The molecule has 6 nitrogen and oxygen atoms in total. The average Bonchev–Trinajstić information content (AvgIpc) is 3.09. The van der Waals surface area contributed by atoms with Crippen LogP contribution in [0.15, 0.2) is 52.1 Å². The molecular formula is C18H15Cl2N3O3S. The molecule has 2 aromatic carbocycles. The third-order valence-electron chi connectivity index (χ3n) is 3.33. The SMILES string of the molecule is Cc1cccc(OCc2nnc(SCC(=O)Nc3ccc(Cl)c(Cl)c3)o2)c1. The standard InChI is InChI=1S/C18H15Cl2N3O3S/c1-11-3-2-4-13(7-11)25-9-17-22-23-18(26-17)27-10-16(24)21-12-5-6-14(19)15(20)8-12/h2-8H,9-10H2,1H3,(H,21,24). The highest BCUT2D eigenvalue weighted by atomic mass is 35.5. The lowest BCUT2D eigenvalue weighted by molar-refractivity contribution is -0.113. The van der Waals surface area contributed by atoms with Crippen LogP contribution in [0.4, 0.5) is 5.69 Å². The van der Waals surface area contributed by atoms with Gasteiger partial charge in [0.15, 0.2) is 6.61 Å². The number of hydrogen-bond donors (Lipinski definition) is 1. The summed E-state index contributed by atoms with van der Waals surface area (Å²) in [6, 6.07) is 12.5. The summed E-state index contributed by atoms with van der Waals surface area (Å²) >= 11 is 12.9. The fourth-order valence-electron chi connectivity index (χ4n) is 2.10. The zero-order valence-corrected chi connectivity index (χ0v) is 16.6. The minimum atomic E-state index is -0.228. The molecule has 1 aromatic heterocycles. The molecule has 9 heteroatoms. The van der Waals surface area contributed by atoms with E-state index in [1.165, 1.54) is 0 Å². The third kappa shape index (κ3) is 5.89. The van der Waals surface area contributed by atoms with Gasteiger partial charge in [-0.15, -0.1) is 10.2 Å². The molecule has 3 rings (SSSR count). The Hall–Kier alpha value is -2.22. The van der Waals surface area contributed by atoms with Gasteiger partial charge in [0.2, 0.25) is 5.91 Å². The molecule has 0 bridgehead atoms. The number of aryl methyl sites for hydroxylation is 1. The number of thioether (sulfide) groups is 1. The van der Waals surface area contributed by atoms with Gasteiger partial charge < -0.3 is 14.5 Å². The van der Waals surface area contributed by atoms with Crippen molar-refractivity contribution in [3.8, 4) is 5.75 Å². The molecule has 0 aliphatic rings. The van der Waals surface area contributed by atoms with Crippen LogP contribution in [0.2, 0.25) is 10.0 Å². The summed E-state index contributed by atoms with van der Waals surface area (Å²) in [5, 5.41) is 11.6. The van der Waals surface area contributed by atoms with E-state index in [0.29, 0.717) is 26.8 Å². The third-order valence-corrected chi connectivity index (χ3v) is 4.89. The van der Waals surface area contributed by atoms with Crippen LogP contribution in [-0.2, 0) is 11.4 Å². The minimum absolute atomic E-state index is 0.112. The first-order chi connectivity index (χ1) is 13.0. The average molecular weight is 424 g/mol. The molecule has 0 saturated heterocycles. The number of nitrogens with one attached hydrogen (secondary N) is 1. The van der Waals surface area contributed by atoms with Gasteiger partial charge in [-0.25, -0.2) is 0 Å². The van der Waals surface area contributed by atoms with E-state index < -0.39 is 0 Å². The number of carbonyl (C=O) groups is 1. The molecule has 1 N–H and O–H groups in total. The molecular weight excluding hydrogens is 409 g/mol. The normalized spacial score (nSPS) is 10.6. The van der Waals surface area contributed by atoms with Gasteiger partial charge in [0.25, 0.3) is 11.1 Å². The van der Waals surface area contributed by atoms with Gasteiger partial charge in [0, 0.05) is 5.69 Å². The second-order valence-electron chi connectivity index (χ2n) is 5.53. The van der Waals surface area contributed by atoms with Crippen LogP contribution in [0, 0.1) is 6.92 Å². The lowest BCUT2D eigenvalue weighted by atomic mass is 10.2. The Labute approximate surface area is 170 Å². The highest BCUT2D eigenvalue weighted by Crippen LogP contribution is 2.25. The molecule has 0 aliphatic heterocycles. The lowest BCUT2D eigenvalue weighted by Gasteiger charge is -2.05. The molecule has 0 unspecified atom stereocenters. The van der Waals surface area contributed by atoms with Crippen molar-refractivity contribution in [1.82, 2.24) is 10.2 Å². The Kier molecular flexibility index (Phi) is 6.60. The first-order valence-corrected chi connectivity index (χ1v) is 9.63. The smallest absolute Gasteiger partial charge is 0.277 e. The van der Waals surface area contributed by atoms with E-state index in [4.69, 9.17) is 32.4 Å². The van der Waals surface area contributed by atoms with E-state index in [1.54, 1.807) is 18.2 Å². The van der Waals surface area contributed by atoms with Crippen LogP contribution < -0.4 is 10.1 Å². The van der Waals surface area contributed by atoms with Crippen LogP contribution in [0.3, 0.4) is 0 Å². The zero-order valence-electron chi connectivity index (χ0n) is 14.2. The Bertz CT molecular complexity index is 949. The van der Waals surface area contributed by atoms with Crippen molar-refractivity contribution >= 4 is 46.6 Å². The predicted octanol–water partition coefficient (Wildman–Crippen LogP) is 4.99. The molecule has 0 fully saturated rings. The van der Waals surface area contributed by atoms with E-state index in [-0.39, 0.29) is 18.3 Å². The molecule has 1 amide bonds. The number of amides is 1. The Morgan fingerprint density at radius 2 is 2.04 bits per heavy atom. The summed E-state index contributed by atoms with van der Waals surface area (Å²) < 4.78 is 11.1. The van der Waals surface area contributed by atoms with Crippen LogP contribution in [0.1, 0.15) is 11.5 Å². The van der Waals surface area contributed by atoms with Crippen molar-refractivity contribution in [2.45, 2.75) is 18.8 Å². The van der Waals surface area contributed by atoms with Crippen molar-refractivity contribution < 1.29 is 13.9 Å². The number of nitrogens with zero attached hydrogens (tertiary/aromatic N) is 2. The van der Waals surface area contributed by atoms with E-state index >= 15 is 0 Å². The van der Waals surface area contributed by atoms with Gasteiger partial charge in [-0.05, 0) is 42.8 Å². The quantitative estimate of drug-likeness (QED) is 0.539. The highest BCUT2D eigenvalue weighted by Gasteiger charge is 2.11. The summed E-state index contributed by atoms with van der Waals surface area (Å²) in [5.74, 6) is 0.946. The number of hydrogen-bond acceptors (Lipinski definition) is 6. The first kappa shape index (κ1) is 19.5. The molecule has 0 radical (unpaired) electrons. The molecule has 0 atom stereocenters. The maximum absolute atomic E-state index is 12.0. The van der Waals surface area contributed by atoms with Crippen LogP contribution >= 0.6 is 35.0 Å². The lowest BCUT2D eigenvalue weighted by Crippen LogP contribution is -2.13. The molecule has 140 valence electrons. The van der Waals surface area contributed by atoms with Gasteiger partial charge in [-0.1, -0.05) is 47.1 Å². The second kappa shape index (κ2) is 9.12. The van der Waals surface area contributed by atoms with Gasteiger partial charge >= 0.3 is 0 Å². The molecule has 27 heavy (non-hydrogen) atoms. The van der Waals surface area contributed by atoms with Crippen molar-refractivity contribution in [2.75, 3.05) is 11.1 Å². The fourth-order valence-corrected chi connectivity index (χ4v) is 2.98. The molecule has 0 spiro atoms. The van der Waals surface area contributed by atoms with Gasteiger partial charge in [-0.3, -0.25) is 4.79 Å². The van der Waals surface area contributed by atoms with Crippen molar-refractivity contribution in [2.24, 2.45) is 0 Å². The largest absolute Gasteiger partial charge is 0.484 e. The zero-order chi connectivity index (χ0) is 19.2. The summed E-state index contributed by atoms with van der Waals surface area (Å²) in [7, 11) is 0. The minimum Gasteiger partial charge on any atom is -0.484 e. The Morgan fingerprint density at radius 1 is 1.19 bits per heavy atom. The summed E-state index contributed by atoms with van der Waals surface area (Å²) in [6.45, 7) is 2.14. The number of carbonyl (C=O) groups excluding carboxylic acids is 1. The monoisotopic (exact) mass is 423 g/mol. The highest BCUT2D eigenvalue weighted by molar-refractivity contribution is 7.99. The van der Waals surface area contributed by atoms with Crippen LogP contribution in [0.5, 0.6) is 5.75 Å². The van der Waals surface area contributed by atoms with E-state index in [0.717, 1.165) is 23.1 Å². The Balaban J connectivity index is 1.47. The van der Waals surface area contributed by atoms with Crippen molar-refractivity contribution in [3.63, 3.8) is 0 Å². The number of rotatable bonds is 7. The molecule has 1 heterocycles. The predicted molar refractivity (Wildman–Crippen MR) is 106 cm³/mol. The number of halogens is 2. The van der Waals surface area contributed by atoms with Crippen molar-refractivity contribution in [3.05, 3.63) is 64.0 Å². The molecule has 0 saturated carbocycles. The fraction of sp³-hybridized carbons (Fsp3) is 0.167. The van der Waals surface area contributed by atoms with Crippen LogP contribution in [0.25, 0.3) is 0 Å². The Morgan fingerprint density at radius 3 is 2.81 bits per heavy atom. The van der Waals surface area contributed by atoms with Gasteiger partial charge in [0.1, 0.15) is 5.75 Å². The first-order valence-electron chi connectivity index (χ1n) is 7.89. The maximum atomic E-state index is 12.0. The van der Waals surface area contributed by atoms with Crippen molar-refractivity contribution in [1.29, 1.82) is 0 Å². The van der Waals surface area contributed by atoms with Gasteiger partial charge in [-0.2, -0.15) is 0 Å². The number of benzene rings is 2. The second-order valence-corrected chi connectivity index (χ2v) is 7.27. The van der Waals surface area contributed by atoms with Gasteiger partial charge in [0.05, 0.1) is 15.8 Å². The maximum Gasteiger partial charge on any atom is 0.277 e. The summed E-state index contributed by atoms with van der Waals surface area (Å²) in [6.07, 6.45) is 0. The van der Waals surface area contributed by atoms with E-state index in [1.807, 2.05) is 31.2 Å².